The second kappa shape index (κ2) is 46.5. The topological polar surface area (TPSA) is 245 Å². The number of hydrogen-bond acceptors (Lipinski definition) is 17. The zero-order valence-corrected chi connectivity index (χ0v) is 80.3. The monoisotopic (exact) mass is 1890 g/mol. The second-order valence-electron chi connectivity index (χ2n) is 34.2. The van der Waals surface area contributed by atoms with Gasteiger partial charge in [0.05, 0.1) is 29.8 Å². The van der Waals surface area contributed by atoms with Crippen LogP contribution in [-0.2, 0) is 0 Å². The molecule has 0 amide bonds. The molecule has 0 saturated carbocycles. The Balaban J connectivity index is 0.000000116. The van der Waals surface area contributed by atoms with Crippen LogP contribution >= 0.6 is 0 Å². The van der Waals surface area contributed by atoms with Crippen LogP contribution in [-0.4, -0.2) is 74.8 Å². The molecular formula is C129H90N18. The highest BCUT2D eigenvalue weighted by atomic mass is 15.1. The van der Waals surface area contributed by atoms with Gasteiger partial charge in [-0.05, 0) is 103 Å². The molecule has 0 radical (unpaired) electrons. The Morgan fingerprint density at radius 1 is 0.143 bits per heavy atom. The van der Waals surface area contributed by atoms with Crippen molar-refractivity contribution in [1.29, 1.82) is 10.5 Å². The van der Waals surface area contributed by atoms with E-state index in [0.717, 1.165) is 94.6 Å². The van der Waals surface area contributed by atoms with Crippen molar-refractivity contribution in [2.45, 2.75) is 20.8 Å². The van der Waals surface area contributed by atoms with Gasteiger partial charge in [0.15, 0.2) is 93.1 Å². The lowest BCUT2D eigenvalue weighted by molar-refractivity contribution is 1.07. The summed E-state index contributed by atoms with van der Waals surface area (Å²) in [6, 6.07) is 166. The number of hydrogen-bond donors (Lipinski definition) is 0. The third-order valence-electron chi connectivity index (χ3n) is 23.8. The van der Waals surface area contributed by atoms with Crippen LogP contribution in [0.1, 0.15) is 27.8 Å². The predicted octanol–water partition coefficient (Wildman–Crippen LogP) is 30.6. The third-order valence-corrected chi connectivity index (χ3v) is 23.8. The quantitative estimate of drug-likeness (QED) is 0.0725. The predicted molar refractivity (Wildman–Crippen MR) is 587 cm³/mol. The summed E-state index contributed by atoms with van der Waals surface area (Å²) in [4.78, 5) is 74.4. The molecular weight excluding hydrogens is 1800 g/mol. The van der Waals surface area contributed by atoms with Crippen LogP contribution in [0.3, 0.4) is 0 Å². The average Bonchev–Trinajstić information content (AvgIpc) is 0.792. The molecule has 0 aliphatic heterocycles. The lowest BCUT2D eigenvalue weighted by atomic mass is 10.0. The Bertz CT molecular complexity index is 7860. The van der Waals surface area contributed by atoms with E-state index in [9.17, 15) is 0 Å². The maximum Gasteiger partial charge on any atom is 0.187 e. The number of benzene rings is 18. The van der Waals surface area contributed by atoms with E-state index < -0.39 is 0 Å². The van der Waals surface area contributed by atoms with Gasteiger partial charge in [-0.2, -0.15) is 10.5 Å². The summed E-state index contributed by atoms with van der Waals surface area (Å²) in [7, 11) is 0. The summed E-state index contributed by atoms with van der Waals surface area (Å²) in [5.41, 5.74) is 26.3. The van der Waals surface area contributed by atoms with Crippen molar-refractivity contribution < 1.29 is 0 Å². The van der Waals surface area contributed by atoms with Gasteiger partial charge >= 0.3 is 0 Å². The number of nitriles is 2. The molecule has 18 nitrogen and oxygen atoms in total. The van der Waals surface area contributed by atoms with E-state index in [1.807, 2.05) is 212 Å². The molecule has 5 heterocycles. The van der Waals surface area contributed by atoms with Crippen molar-refractivity contribution in [1.82, 2.24) is 74.8 Å². The van der Waals surface area contributed by atoms with E-state index in [4.69, 9.17) is 62.0 Å². The van der Waals surface area contributed by atoms with Crippen LogP contribution < -0.4 is 0 Å². The molecule has 0 aliphatic rings. The van der Waals surface area contributed by atoms with Crippen LogP contribution in [0, 0.1) is 50.0 Å². The highest BCUT2D eigenvalue weighted by molar-refractivity contribution is 5.78. The van der Waals surface area contributed by atoms with Crippen molar-refractivity contribution in [2.24, 2.45) is 0 Å². The average molecular weight is 1890 g/mol. The molecule has 0 aliphatic carbocycles. The van der Waals surface area contributed by atoms with Gasteiger partial charge < -0.3 is 0 Å². The fourth-order valence-corrected chi connectivity index (χ4v) is 15.8. The van der Waals surface area contributed by atoms with E-state index in [0.29, 0.717) is 104 Å². The smallest absolute Gasteiger partial charge is 0.187 e. The van der Waals surface area contributed by atoms with Gasteiger partial charge in [-0.1, -0.05) is 460 Å². The molecule has 0 unspecified atom stereocenters. The van der Waals surface area contributed by atoms with Gasteiger partial charge in [-0.15, -0.1) is 0 Å². The minimum absolute atomic E-state index is 0.470. The molecule has 0 N–H and O–H groups in total. The minimum Gasteiger partial charge on any atom is -0.238 e. The number of aromatic nitrogens is 15. The molecule has 5 aromatic heterocycles. The van der Waals surface area contributed by atoms with Crippen LogP contribution in [0.15, 0.2) is 491 Å². The molecule has 18 heteroatoms. The molecule has 0 atom stereocenters. The highest BCUT2D eigenvalue weighted by Gasteiger charge is 2.21. The number of aryl methyl sites for hydroxylation is 3. The van der Waals surface area contributed by atoms with E-state index in [1.165, 1.54) is 38.9 Å². The van der Waals surface area contributed by atoms with Gasteiger partial charge in [-0.25, -0.2) is 79.6 Å². The molecule has 147 heavy (non-hydrogen) atoms. The maximum absolute atomic E-state index is 9.03. The Morgan fingerprint density at radius 3 is 0.395 bits per heavy atom. The normalized spacial score (nSPS) is 10.5. The van der Waals surface area contributed by atoms with Crippen LogP contribution in [0.5, 0.6) is 0 Å². The van der Waals surface area contributed by atoms with Crippen LogP contribution in [0.2, 0.25) is 0 Å². The first-order valence-corrected chi connectivity index (χ1v) is 47.7. The Labute approximate surface area is 853 Å². The molecule has 0 fully saturated rings. The van der Waals surface area contributed by atoms with Gasteiger partial charge in [0.1, 0.15) is 0 Å². The zero-order valence-electron chi connectivity index (χ0n) is 80.3. The summed E-state index contributed by atoms with van der Waals surface area (Å²) in [6.07, 6.45) is 0. The summed E-state index contributed by atoms with van der Waals surface area (Å²) in [6.45, 7) is 13.3. The molecule has 23 aromatic rings. The summed E-state index contributed by atoms with van der Waals surface area (Å²) in [5.74, 6) is 9.53. The van der Waals surface area contributed by atoms with Gasteiger partial charge in [0.2, 0.25) is 0 Å². The van der Waals surface area contributed by atoms with E-state index >= 15 is 0 Å². The van der Waals surface area contributed by atoms with E-state index in [1.54, 1.807) is 72.8 Å². The molecule has 696 valence electrons. The van der Waals surface area contributed by atoms with Crippen molar-refractivity contribution in [3.63, 3.8) is 0 Å². The lowest BCUT2D eigenvalue weighted by Crippen LogP contribution is -2.00. The molecule has 0 saturated heterocycles. The molecule has 0 spiro atoms. The van der Waals surface area contributed by atoms with Crippen molar-refractivity contribution >= 4 is 5.69 Å². The fraction of sp³-hybridized carbons (Fsp3) is 0.0233. The largest absolute Gasteiger partial charge is 0.238 e. The van der Waals surface area contributed by atoms with Gasteiger partial charge in [0.25, 0.3) is 0 Å². The van der Waals surface area contributed by atoms with E-state index in [-0.39, 0.29) is 0 Å². The first-order chi connectivity index (χ1) is 72.4. The number of rotatable bonds is 18. The Morgan fingerprint density at radius 2 is 0.252 bits per heavy atom. The lowest BCUT2D eigenvalue weighted by Gasteiger charge is -2.10. The van der Waals surface area contributed by atoms with Crippen molar-refractivity contribution in [3.8, 4) is 216 Å². The van der Waals surface area contributed by atoms with Gasteiger partial charge in [-0.3, -0.25) is 0 Å². The first kappa shape index (κ1) is 95.4. The zero-order chi connectivity index (χ0) is 100. The fourth-order valence-electron chi connectivity index (χ4n) is 15.8. The second-order valence-corrected chi connectivity index (χ2v) is 34.2. The third kappa shape index (κ3) is 24.5. The van der Waals surface area contributed by atoms with E-state index in [2.05, 4.69) is 274 Å². The highest BCUT2D eigenvalue weighted by Crippen LogP contribution is 2.36. The van der Waals surface area contributed by atoms with Crippen molar-refractivity contribution in [2.75, 3.05) is 0 Å². The van der Waals surface area contributed by atoms with Crippen LogP contribution in [0.4, 0.5) is 5.69 Å². The molecule has 0 bridgehead atoms. The summed E-state index contributed by atoms with van der Waals surface area (Å²) in [5, 5.41) is 18.1. The minimum atomic E-state index is 0.470. The standard InChI is InChI=1S/C33H23N3.C27H19N3.C24H12N6.C24H21N3.C21H15N3/c1-4-10-24(11-5-1)26-16-20-29(21-17-26)32-34-31(28-14-8-3-9-15-28)35-33(36-32)30-22-18-27(19-23-30)25-12-6-2-7-13-25;1-4-10-20(11-5-1)21-16-18-24(19-17-21)27-29-25(22-12-6-2-7-13-22)28-26(30-27)23-14-8-3-9-15-23;1-27-21-12-10-20(11-13-21)24-29-22(18-6-2-16(14-25)3-7-18)28-23(30-24)19-8-4-17(15-26)5-9-19;1-16-4-10-19(11-5-16)22-25-23(20-12-6-17(2)7-13-20)27-24(26-22)21-14-8-18(3)9-15-21;1-4-10-16(11-5-1)19-22-20(17-12-6-2-7-13-17)24-21(23-19)18-14-8-3-9-15-18/h1-23H;1-19H;2-13H;4-15H,1-3H3;1-15H. The van der Waals surface area contributed by atoms with Crippen LogP contribution in [0.25, 0.3) is 209 Å². The SMILES string of the molecule is Cc1ccc(-c2nc(-c3ccc(C)cc3)nc(-c3ccc(C)cc3)n2)cc1.[C-]#[N+]c1ccc(-c2nc(-c3ccc(C#N)cc3)nc(-c3ccc(C#N)cc3)n2)cc1.c1ccc(-c2ccc(-c3nc(-c4ccccc4)nc(-c4ccc(-c5ccccc5)cc4)n3)cc2)cc1.c1ccc(-c2ccc(-c3nc(-c4ccccc4)nc(-c4ccccc4)n3)cc2)cc1.c1ccc(-c2nc(-c3ccccc3)nc(-c3ccccc3)n2)cc1. The van der Waals surface area contributed by atoms with Gasteiger partial charge in [0, 0.05) is 83.5 Å². The molecule has 23 rings (SSSR count). The maximum atomic E-state index is 9.03. The Kier molecular flexibility index (Phi) is 30.2. The summed E-state index contributed by atoms with van der Waals surface area (Å²) < 4.78 is 0. The molecule has 18 aromatic carbocycles. The van der Waals surface area contributed by atoms with Crippen molar-refractivity contribution in [3.05, 3.63) is 531 Å². The number of nitrogens with zero attached hydrogens (tertiary/aromatic N) is 18. The summed E-state index contributed by atoms with van der Waals surface area (Å²) >= 11 is 0. The Hall–Kier alpha value is -20.5. The first-order valence-electron chi connectivity index (χ1n) is 47.7.